The first-order valence-corrected chi connectivity index (χ1v) is 18.6. The molecule has 2 aromatic heterocycles. The molecule has 0 bridgehead atoms. The van der Waals surface area contributed by atoms with Gasteiger partial charge in [0.05, 0.1) is 0 Å². The number of fused-ring (bicyclic) bond motifs is 9. The summed E-state index contributed by atoms with van der Waals surface area (Å²) in [5.41, 5.74) is 16.5. The lowest BCUT2D eigenvalue weighted by Crippen LogP contribution is -2.16. The van der Waals surface area contributed by atoms with Gasteiger partial charge in [0.2, 0.25) is 0 Å². The van der Waals surface area contributed by atoms with Crippen molar-refractivity contribution in [2.75, 3.05) is 4.90 Å². The summed E-state index contributed by atoms with van der Waals surface area (Å²) in [6, 6.07) is 62.9. The third-order valence-corrected chi connectivity index (χ3v) is 11.5. The molecule has 256 valence electrons. The Hall–Kier alpha value is -6.84. The van der Waals surface area contributed by atoms with Crippen molar-refractivity contribution >= 4 is 60.9 Å². The van der Waals surface area contributed by atoms with Gasteiger partial charge in [-0.25, -0.2) is 0 Å². The molecule has 1 aliphatic rings. The third-order valence-electron chi connectivity index (χ3n) is 11.5. The molecule has 3 heteroatoms. The fraction of sp³-hybridized carbons (Fsp3) is 0.0588. The maximum atomic E-state index is 6.67. The van der Waals surface area contributed by atoms with Crippen molar-refractivity contribution in [3.8, 4) is 33.4 Å². The minimum atomic E-state index is -0.122. The van der Waals surface area contributed by atoms with Crippen molar-refractivity contribution < 1.29 is 8.83 Å². The van der Waals surface area contributed by atoms with Gasteiger partial charge in [-0.15, -0.1) is 0 Å². The van der Waals surface area contributed by atoms with Crippen LogP contribution < -0.4 is 4.90 Å². The van der Waals surface area contributed by atoms with Gasteiger partial charge in [0.25, 0.3) is 0 Å². The van der Waals surface area contributed by atoms with E-state index in [4.69, 9.17) is 8.83 Å². The van der Waals surface area contributed by atoms with Crippen LogP contribution >= 0.6 is 0 Å². The van der Waals surface area contributed by atoms with Crippen LogP contribution in [0.3, 0.4) is 0 Å². The summed E-state index contributed by atoms with van der Waals surface area (Å²) in [6.45, 7) is 4.68. The van der Waals surface area contributed by atoms with Gasteiger partial charge in [-0.2, -0.15) is 0 Å². The van der Waals surface area contributed by atoms with E-state index in [0.717, 1.165) is 72.1 Å². The lowest BCUT2D eigenvalue weighted by Gasteiger charge is -2.28. The Morgan fingerprint density at radius 1 is 0.370 bits per heavy atom. The Balaban J connectivity index is 1.10. The second-order valence-corrected chi connectivity index (χ2v) is 14.9. The van der Waals surface area contributed by atoms with Crippen molar-refractivity contribution in [1.82, 2.24) is 0 Å². The monoisotopic (exact) mass is 693 g/mol. The van der Waals surface area contributed by atoms with Crippen LogP contribution in [0.5, 0.6) is 0 Å². The summed E-state index contributed by atoms with van der Waals surface area (Å²) in [6.07, 6.45) is 0. The Labute approximate surface area is 313 Å². The molecule has 0 saturated heterocycles. The Bertz CT molecular complexity index is 3080. The average Bonchev–Trinajstić information content (AvgIpc) is 3.84. The van der Waals surface area contributed by atoms with Gasteiger partial charge < -0.3 is 13.7 Å². The normalized spacial score (nSPS) is 13.1. The van der Waals surface area contributed by atoms with E-state index in [2.05, 4.69) is 189 Å². The minimum Gasteiger partial charge on any atom is -0.456 e. The van der Waals surface area contributed by atoms with Crippen LogP contribution in [0.15, 0.2) is 185 Å². The van der Waals surface area contributed by atoms with Crippen molar-refractivity contribution in [3.05, 3.63) is 187 Å². The average molecular weight is 694 g/mol. The van der Waals surface area contributed by atoms with Crippen LogP contribution in [0.25, 0.3) is 77.3 Å². The highest BCUT2D eigenvalue weighted by Gasteiger charge is 2.35. The van der Waals surface area contributed by atoms with E-state index in [9.17, 15) is 0 Å². The molecule has 8 aromatic carbocycles. The Kier molecular flexibility index (Phi) is 6.60. The standard InChI is InChI=1S/C51H35NO2/c1-51(2)45-22-10-9-19-39(45)40-25-23-37(29-46(40)51)52(35-18-11-17-34(27-35)32-13-5-3-6-14-32)36-24-26-47-42(28-36)44-31-49-43(30-48(44)53-47)41-21-12-20-38(50(41)54-49)33-15-7-4-8-16-33/h3-31H,1-2H3. The van der Waals surface area contributed by atoms with Crippen LogP contribution in [-0.4, -0.2) is 0 Å². The molecular weight excluding hydrogens is 659 g/mol. The smallest absolute Gasteiger partial charge is 0.143 e. The minimum absolute atomic E-state index is 0.122. The number of nitrogens with zero attached hydrogens (tertiary/aromatic N) is 1. The van der Waals surface area contributed by atoms with E-state index in [0.29, 0.717) is 0 Å². The van der Waals surface area contributed by atoms with E-state index < -0.39 is 0 Å². The Morgan fingerprint density at radius 2 is 0.963 bits per heavy atom. The fourth-order valence-corrected chi connectivity index (χ4v) is 8.77. The van der Waals surface area contributed by atoms with Gasteiger partial charge in [-0.1, -0.05) is 135 Å². The van der Waals surface area contributed by atoms with E-state index >= 15 is 0 Å². The van der Waals surface area contributed by atoms with Gasteiger partial charge in [0.15, 0.2) is 0 Å². The van der Waals surface area contributed by atoms with Crippen LogP contribution in [0.1, 0.15) is 25.0 Å². The fourth-order valence-electron chi connectivity index (χ4n) is 8.77. The molecule has 54 heavy (non-hydrogen) atoms. The lowest BCUT2D eigenvalue weighted by molar-refractivity contribution is 0.660. The first-order valence-electron chi connectivity index (χ1n) is 18.6. The van der Waals surface area contributed by atoms with Crippen molar-refractivity contribution in [2.45, 2.75) is 19.3 Å². The molecule has 3 nitrogen and oxygen atoms in total. The van der Waals surface area contributed by atoms with E-state index in [-0.39, 0.29) is 5.41 Å². The highest BCUT2D eigenvalue weighted by Crippen LogP contribution is 2.51. The third kappa shape index (κ3) is 4.61. The summed E-state index contributed by atoms with van der Waals surface area (Å²) in [7, 11) is 0. The number of hydrogen-bond donors (Lipinski definition) is 0. The first-order chi connectivity index (χ1) is 26.5. The molecule has 11 rings (SSSR count). The molecule has 0 fully saturated rings. The highest BCUT2D eigenvalue weighted by atomic mass is 16.3. The second-order valence-electron chi connectivity index (χ2n) is 14.9. The van der Waals surface area contributed by atoms with Crippen LogP contribution in [0.2, 0.25) is 0 Å². The molecule has 0 radical (unpaired) electrons. The largest absolute Gasteiger partial charge is 0.456 e. The van der Waals surface area contributed by atoms with Gasteiger partial charge in [-0.05, 0) is 93.5 Å². The second kappa shape index (κ2) is 11.6. The van der Waals surface area contributed by atoms with Crippen molar-refractivity contribution in [3.63, 3.8) is 0 Å². The molecule has 0 saturated carbocycles. The zero-order valence-corrected chi connectivity index (χ0v) is 30.0. The summed E-state index contributed by atoms with van der Waals surface area (Å²) in [4.78, 5) is 2.38. The molecule has 0 aliphatic heterocycles. The van der Waals surface area contributed by atoms with E-state index in [1.807, 2.05) is 6.07 Å². The van der Waals surface area contributed by atoms with Crippen LogP contribution in [0.4, 0.5) is 17.1 Å². The number of para-hydroxylation sites is 1. The summed E-state index contributed by atoms with van der Waals surface area (Å²) < 4.78 is 13.3. The summed E-state index contributed by atoms with van der Waals surface area (Å²) in [5.74, 6) is 0. The lowest BCUT2D eigenvalue weighted by atomic mass is 9.82. The predicted octanol–water partition coefficient (Wildman–Crippen LogP) is 14.6. The number of furan rings is 2. The van der Waals surface area contributed by atoms with E-state index in [1.165, 1.54) is 33.4 Å². The zero-order valence-electron chi connectivity index (χ0n) is 30.0. The molecule has 0 spiro atoms. The van der Waals surface area contributed by atoms with E-state index in [1.54, 1.807) is 0 Å². The maximum absolute atomic E-state index is 6.67. The summed E-state index contributed by atoms with van der Waals surface area (Å²) in [5, 5.41) is 4.21. The first kappa shape index (κ1) is 30.8. The molecular formula is C51H35NO2. The molecule has 0 N–H and O–H groups in total. The van der Waals surface area contributed by atoms with Gasteiger partial charge >= 0.3 is 0 Å². The molecule has 0 amide bonds. The predicted molar refractivity (Wildman–Crippen MR) is 224 cm³/mol. The molecule has 0 atom stereocenters. The zero-order chi connectivity index (χ0) is 36.0. The Morgan fingerprint density at radius 3 is 1.80 bits per heavy atom. The number of anilines is 3. The van der Waals surface area contributed by atoms with Gasteiger partial charge in [0, 0.05) is 49.6 Å². The molecule has 0 unspecified atom stereocenters. The maximum Gasteiger partial charge on any atom is 0.143 e. The van der Waals surface area contributed by atoms with Gasteiger partial charge in [0.1, 0.15) is 22.3 Å². The highest BCUT2D eigenvalue weighted by molar-refractivity contribution is 6.17. The quantitative estimate of drug-likeness (QED) is 0.180. The van der Waals surface area contributed by atoms with Crippen molar-refractivity contribution in [2.24, 2.45) is 0 Å². The molecule has 1 aliphatic carbocycles. The van der Waals surface area contributed by atoms with Crippen LogP contribution in [-0.2, 0) is 5.41 Å². The van der Waals surface area contributed by atoms with Crippen molar-refractivity contribution in [1.29, 1.82) is 0 Å². The number of rotatable bonds is 5. The number of hydrogen-bond acceptors (Lipinski definition) is 3. The van der Waals surface area contributed by atoms with Gasteiger partial charge in [-0.3, -0.25) is 0 Å². The van der Waals surface area contributed by atoms with Crippen LogP contribution in [0, 0.1) is 0 Å². The summed E-state index contributed by atoms with van der Waals surface area (Å²) >= 11 is 0. The molecule has 10 aromatic rings. The molecule has 2 heterocycles. The number of benzene rings is 8. The topological polar surface area (TPSA) is 29.5 Å². The SMILES string of the molecule is CC1(C)c2ccccc2-c2ccc(N(c3cccc(-c4ccccc4)c3)c3ccc4oc5cc6c(cc5c4c3)oc3c(-c4ccccc4)cccc36)cc21.